The summed E-state index contributed by atoms with van der Waals surface area (Å²) < 4.78 is 29.1. The van der Waals surface area contributed by atoms with Crippen LogP contribution in [0.2, 0.25) is 0 Å². The zero-order chi connectivity index (χ0) is 22.4. The van der Waals surface area contributed by atoms with Gasteiger partial charge in [-0.25, -0.2) is 4.98 Å². The summed E-state index contributed by atoms with van der Waals surface area (Å²) in [7, 11) is 1.89. The third kappa shape index (κ3) is 8.63. The van der Waals surface area contributed by atoms with E-state index in [2.05, 4.69) is 10.3 Å². The number of aliphatic hydroxyl groups excluding tert-OH is 2. The average molecular weight is 434 g/mol. The predicted octanol–water partition coefficient (Wildman–Crippen LogP) is 2.65. The van der Waals surface area contributed by atoms with Gasteiger partial charge in [0.25, 0.3) is 0 Å². The Labute approximate surface area is 182 Å². The minimum absolute atomic E-state index is 0.0671. The van der Waals surface area contributed by atoms with Crippen LogP contribution in [0, 0.1) is 5.41 Å². The van der Waals surface area contributed by atoms with Crippen LogP contribution >= 0.6 is 0 Å². The number of alkyl halides is 1. The van der Waals surface area contributed by atoms with Crippen LogP contribution in [-0.4, -0.2) is 75.2 Å². The normalized spacial score (nSPS) is 11.7. The Morgan fingerprint density at radius 2 is 1.58 bits per heavy atom. The van der Waals surface area contributed by atoms with Crippen LogP contribution in [0.5, 0.6) is 5.88 Å². The van der Waals surface area contributed by atoms with Crippen molar-refractivity contribution >= 4 is 17.8 Å². The van der Waals surface area contributed by atoms with Gasteiger partial charge in [0, 0.05) is 25.0 Å². The van der Waals surface area contributed by atoms with Crippen LogP contribution < -0.4 is 10.1 Å². The fourth-order valence-electron chi connectivity index (χ4n) is 2.51. The number of rotatable bonds is 15. The maximum absolute atomic E-state index is 12.9. The maximum atomic E-state index is 12.9. The number of hydrogen-bond donors (Lipinski definition) is 3. The molecule has 8 heteroatoms. The van der Waals surface area contributed by atoms with E-state index in [-0.39, 0.29) is 13.2 Å². The summed E-state index contributed by atoms with van der Waals surface area (Å²) >= 11 is 0. The molecule has 0 amide bonds. The topological polar surface area (TPSA) is 93.1 Å². The second-order valence-electron chi connectivity index (χ2n) is 7.10. The first-order valence-electron chi connectivity index (χ1n) is 10.1. The van der Waals surface area contributed by atoms with Crippen LogP contribution in [0.4, 0.5) is 10.1 Å². The smallest absolute Gasteiger partial charge is 0.213 e. The van der Waals surface area contributed by atoms with Gasteiger partial charge in [-0.3, -0.25) is 4.39 Å². The SMILES string of the molecule is CNc1ccc(/C=C/c2ccc(OCCOCCOCC(CO)(CO)C[18F])nc2)cc1. The van der Waals surface area contributed by atoms with E-state index in [1.165, 1.54) is 0 Å². The highest BCUT2D eigenvalue weighted by molar-refractivity contribution is 5.70. The quantitative estimate of drug-likeness (QED) is 0.372. The predicted molar refractivity (Wildman–Crippen MR) is 119 cm³/mol. The fraction of sp³-hybridized carbons (Fsp3) is 0.435. The van der Waals surface area contributed by atoms with Crippen LogP contribution in [0.15, 0.2) is 42.6 Å². The Hall–Kier alpha value is -2.52. The van der Waals surface area contributed by atoms with Gasteiger partial charge in [-0.05, 0) is 29.3 Å². The Balaban J connectivity index is 1.61. The Bertz CT molecular complexity index is 756. The van der Waals surface area contributed by atoms with Gasteiger partial charge in [0.1, 0.15) is 13.3 Å². The number of aromatic nitrogens is 1. The third-order valence-electron chi connectivity index (χ3n) is 4.64. The van der Waals surface area contributed by atoms with E-state index < -0.39 is 25.3 Å². The van der Waals surface area contributed by atoms with Crippen LogP contribution in [0.1, 0.15) is 11.1 Å². The standard InChI is InChI=1S/C23H31FN2O5/c1-25-21-7-4-19(5-8-21)2-3-20-6-9-22(26-14-20)31-13-12-29-10-11-30-18-23(15-24,16-27)17-28/h2-9,14,25,27-28H,10-13,15-18H2,1H3/b3-2+/i24-1. The molecule has 2 rings (SSSR count). The molecule has 0 aliphatic carbocycles. The lowest BCUT2D eigenvalue weighted by atomic mass is 9.93. The third-order valence-corrected chi connectivity index (χ3v) is 4.64. The Kier molecular flexibility index (Phi) is 10.9. The van der Waals surface area contributed by atoms with Gasteiger partial charge in [-0.1, -0.05) is 24.3 Å². The van der Waals surface area contributed by atoms with E-state index in [1.54, 1.807) is 12.3 Å². The number of hydrogen-bond acceptors (Lipinski definition) is 7. The van der Waals surface area contributed by atoms with Gasteiger partial charge in [0.2, 0.25) is 5.88 Å². The molecule has 0 atom stereocenters. The molecule has 0 unspecified atom stereocenters. The molecule has 1 aromatic heterocycles. The summed E-state index contributed by atoms with van der Waals surface area (Å²) in [5.41, 5.74) is 1.89. The Morgan fingerprint density at radius 3 is 2.19 bits per heavy atom. The van der Waals surface area contributed by atoms with Crippen molar-refractivity contribution in [1.82, 2.24) is 4.98 Å². The molecule has 0 spiro atoms. The molecule has 170 valence electrons. The maximum Gasteiger partial charge on any atom is 0.213 e. The molecular formula is C23H31FN2O5. The number of halogens is 1. The van der Waals surface area contributed by atoms with E-state index in [1.807, 2.05) is 49.5 Å². The minimum atomic E-state index is -1.24. The number of benzene rings is 1. The second-order valence-corrected chi connectivity index (χ2v) is 7.10. The van der Waals surface area contributed by atoms with E-state index in [0.29, 0.717) is 25.7 Å². The summed E-state index contributed by atoms with van der Waals surface area (Å²) in [5, 5.41) is 21.4. The molecule has 0 fully saturated rings. The molecule has 0 saturated carbocycles. The highest BCUT2D eigenvalue weighted by Gasteiger charge is 2.29. The number of pyridine rings is 1. The highest BCUT2D eigenvalue weighted by atomic mass is 18.2. The number of nitrogens with zero attached hydrogens (tertiary/aromatic N) is 1. The zero-order valence-corrected chi connectivity index (χ0v) is 17.8. The fourth-order valence-corrected chi connectivity index (χ4v) is 2.51. The van der Waals surface area contributed by atoms with E-state index in [4.69, 9.17) is 24.4 Å². The lowest BCUT2D eigenvalue weighted by Gasteiger charge is -2.25. The molecule has 0 radical (unpaired) electrons. The van der Waals surface area contributed by atoms with Gasteiger partial charge >= 0.3 is 0 Å². The molecule has 0 aliphatic heterocycles. The molecule has 31 heavy (non-hydrogen) atoms. The number of nitrogens with one attached hydrogen (secondary N) is 1. The van der Waals surface area contributed by atoms with Crippen molar-refractivity contribution in [2.24, 2.45) is 5.41 Å². The highest BCUT2D eigenvalue weighted by Crippen LogP contribution is 2.17. The summed E-state index contributed by atoms with van der Waals surface area (Å²) in [5.74, 6) is 0.508. The van der Waals surface area contributed by atoms with Crippen molar-refractivity contribution in [1.29, 1.82) is 0 Å². The molecule has 3 N–H and O–H groups in total. The lowest BCUT2D eigenvalue weighted by molar-refractivity contribution is -0.0538. The van der Waals surface area contributed by atoms with Crippen molar-refractivity contribution in [2.45, 2.75) is 0 Å². The summed E-state index contributed by atoms with van der Waals surface area (Å²) in [4.78, 5) is 4.27. The molecular weight excluding hydrogens is 402 g/mol. The van der Waals surface area contributed by atoms with Crippen LogP contribution in [0.3, 0.4) is 0 Å². The minimum Gasteiger partial charge on any atom is -0.475 e. The molecule has 0 saturated heterocycles. The summed E-state index contributed by atoms with van der Waals surface area (Å²) in [6.07, 6.45) is 5.74. The zero-order valence-electron chi connectivity index (χ0n) is 17.8. The molecule has 1 heterocycles. The monoisotopic (exact) mass is 433 g/mol. The number of aliphatic hydroxyl groups is 2. The van der Waals surface area contributed by atoms with Gasteiger partial charge in [-0.15, -0.1) is 0 Å². The number of ether oxygens (including phenoxy) is 3. The molecule has 0 aliphatic rings. The van der Waals surface area contributed by atoms with Gasteiger partial charge in [-0.2, -0.15) is 0 Å². The van der Waals surface area contributed by atoms with E-state index in [9.17, 15) is 4.39 Å². The molecule has 7 nitrogen and oxygen atoms in total. The molecule has 0 bridgehead atoms. The van der Waals surface area contributed by atoms with Crippen molar-refractivity contribution in [2.75, 3.05) is 65.3 Å². The van der Waals surface area contributed by atoms with Crippen molar-refractivity contribution < 1.29 is 28.8 Å². The Morgan fingerprint density at radius 1 is 0.935 bits per heavy atom. The van der Waals surface area contributed by atoms with Crippen LogP contribution in [0.25, 0.3) is 12.2 Å². The van der Waals surface area contributed by atoms with E-state index in [0.717, 1.165) is 16.8 Å². The van der Waals surface area contributed by atoms with E-state index >= 15 is 0 Å². The second kappa shape index (κ2) is 13.7. The summed E-state index contributed by atoms with van der Waals surface area (Å²) in [6.45, 7) is -0.637. The average Bonchev–Trinajstić information content (AvgIpc) is 2.83. The first-order chi connectivity index (χ1) is 15.1. The van der Waals surface area contributed by atoms with Crippen molar-refractivity contribution in [3.63, 3.8) is 0 Å². The van der Waals surface area contributed by atoms with Gasteiger partial charge in [0.05, 0.1) is 45.1 Å². The van der Waals surface area contributed by atoms with Gasteiger partial charge < -0.3 is 29.7 Å². The van der Waals surface area contributed by atoms with Crippen molar-refractivity contribution in [3.05, 3.63) is 53.7 Å². The lowest BCUT2D eigenvalue weighted by Crippen LogP contribution is -2.37. The first-order valence-corrected chi connectivity index (χ1v) is 10.1. The first kappa shape index (κ1) is 24.7. The van der Waals surface area contributed by atoms with Gasteiger partial charge in [0.15, 0.2) is 0 Å². The largest absolute Gasteiger partial charge is 0.475 e. The van der Waals surface area contributed by atoms with Crippen LogP contribution in [-0.2, 0) is 9.47 Å². The molecule has 2 aromatic rings. The van der Waals surface area contributed by atoms with Crippen molar-refractivity contribution in [3.8, 4) is 5.88 Å². The number of anilines is 1. The summed E-state index contributed by atoms with van der Waals surface area (Å²) in [6, 6.07) is 11.8. The molecule has 1 aromatic carbocycles.